The van der Waals surface area contributed by atoms with Crippen LogP contribution in [0.1, 0.15) is 62.3 Å². The summed E-state index contributed by atoms with van der Waals surface area (Å²) in [7, 11) is 5.41. The maximum Gasteiger partial charge on any atom is 0.221 e. The molecule has 27 heavy (non-hydrogen) atoms. The molecule has 0 aromatic carbocycles. The van der Waals surface area contributed by atoms with Gasteiger partial charge in [0.05, 0.1) is 12.2 Å². The third-order valence-electron chi connectivity index (χ3n) is 4.85. The summed E-state index contributed by atoms with van der Waals surface area (Å²) in [6.07, 6.45) is 6.43. The predicted molar refractivity (Wildman–Crippen MR) is 110 cm³/mol. The Hall–Kier alpha value is -1.67. The van der Waals surface area contributed by atoms with Crippen molar-refractivity contribution in [3.05, 3.63) is 16.1 Å². The topological polar surface area (TPSA) is 78.9 Å². The van der Waals surface area contributed by atoms with Gasteiger partial charge in [-0.1, -0.05) is 19.3 Å². The molecule has 1 unspecified atom stereocenters. The molecule has 1 heterocycles. The highest BCUT2D eigenvalue weighted by molar-refractivity contribution is 7.09. The molecule has 7 nitrogen and oxygen atoms in total. The van der Waals surface area contributed by atoms with E-state index in [0.29, 0.717) is 25.6 Å². The zero-order valence-corrected chi connectivity index (χ0v) is 17.8. The molecule has 2 N–H and O–H groups in total. The molecule has 1 saturated carbocycles. The summed E-state index contributed by atoms with van der Waals surface area (Å²) < 4.78 is 5.31. The molecule has 1 amide bonds. The number of hydrogen-bond donors (Lipinski definition) is 2. The van der Waals surface area contributed by atoms with Gasteiger partial charge in [0.25, 0.3) is 0 Å². The molecule has 0 saturated heterocycles. The summed E-state index contributed by atoms with van der Waals surface area (Å²) >= 11 is 1.61. The van der Waals surface area contributed by atoms with Crippen LogP contribution < -0.4 is 10.6 Å². The second-order valence-electron chi connectivity index (χ2n) is 7.04. The van der Waals surface area contributed by atoms with Crippen molar-refractivity contribution in [2.24, 2.45) is 4.99 Å². The second kappa shape index (κ2) is 11.2. The Morgan fingerprint density at radius 3 is 2.85 bits per heavy atom. The van der Waals surface area contributed by atoms with Crippen LogP contribution in [0, 0.1) is 0 Å². The molecule has 1 aliphatic rings. The van der Waals surface area contributed by atoms with Crippen molar-refractivity contribution in [1.82, 2.24) is 20.5 Å². The predicted octanol–water partition coefficient (Wildman–Crippen LogP) is 2.70. The van der Waals surface area contributed by atoms with Crippen molar-refractivity contribution in [2.75, 3.05) is 27.7 Å². The summed E-state index contributed by atoms with van der Waals surface area (Å²) in [5, 5.41) is 9.43. The van der Waals surface area contributed by atoms with E-state index in [1.165, 1.54) is 19.3 Å². The molecule has 0 aliphatic heterocycles. The van der Waals surface area contributed by atoms with Gasteiger partial charge in [0.1, 0.15) is 11.1 Å². The van der Waals surface area contributed by atoms with Crippen LogP contribution >= 0.6 is 11.3 Å². The van der Waals surface area contributed by atoms with E-state index in [4.69, 9.17) is 4.74 Å². The van der Waals surface area contributed by atoms with Crippen LogP contribution in [0.4, 0.5) is 0 Å². The van der Waals surface area contributed by atoms with E-state index >= 15 is 0 Å². The van der Waals surface area contributed by atoms with Crippen LogP contribution in [0.2, 0.25) is 0 Å². The van der Waals surface area contributed by atoms with Gasteiger partial charge in [-0.05, 0) is 19.8 Å². The first-order chi connectivity index (χ1) is 13.0. The van der Waals surface area contributed by atoms with E-state index in [0.717, 1.165) is 29.5 Å². The molecule has 152 valence electrons. The fraction of sp³-hybridized carbons (Fsp3) is 0.737. The summed E-state index contributed by atoms with van der Waals surface area (Å²) in [6, 6.07) is 0.363. The minimum absolute atomic E-state index is 0.00849. The number of methoxy groups -OCH3 is 1. The van der Waals surface area contributed by atoms with Crippen LogP contribution in [-0.2, 0) is 16.1 Å². The molecule has 0 bridgehead atoms. The van der Waals surface area contributed by atoms with E-state index < -0.39 is 0 Å². The highest BCUT2D eigenvalue weighted by Crippen LogP contribution is 2.21. The fourth-order valence-corrected chi connectivity index (χ4v) is 4.06. The van der Waals surface area contributed by atoms with Crippen LogP contribution in [0.3, 0.4) is 0 Å². The standard InChI is InChI=1S/C19H33N5O2S/c1-14(26-4)18-23-16(13-27-18)12-24(3)19(20-2)21-11-10-17(25)22-15-8-6-5-7-9-15/h13-15H,5-12H2,1-4H3,(H,20,21)(H,22,25). The lowest BCUT2D eigenvalue weighted by Crippen LogP contribution is -2.41. The largest absolute Gasteiger partial charge is 0.375 e. The monoisotopic (exact) mass is 395 g/mol. The highest BCUT2D eigenvalue weighted by atomic mass is 32.1. The fourth-order valence-electron chi connectivity index (χ4n) is 3.22. The normalized spacial score (nSPS) is 16.8. The van der Waals surface area contributed by atoms with E-state index in [2.05, 4.69) is 20.6 Å². The molecule has 1 aromatic heterocycles. The van der Waals surface area contributed by atoms with Crippen molar-refractivity contribution >= 4 is 23.2 Å². The number of nitrogens with one attached hydrogen (secondary N) is 2. The minimum Gasteiger partial charge on any atom is -0.375 e. The number of guanidine groups is 1. The van der Waals surface area contributed by atoms with Gasteiger partial charge in [-0.2, -0.15) is 0 Å². The van der Waals surface area contributed by atoms with E-state index in [1.807, 2.05) is 24.3 Å². The molecule has 0 spiro atoms. The second-order valence-corrected chi connectivity index (χ2v) is 7.93. The number of aromatic nitrogens is 1. The molecular formula is C19H33N5O2S. The molecular weight excluding hydrogens is 362 g/mol. The molecule has 1 fully saturated rings. The molecule has 8 heteroatoms. The number of thiazole rings is 1. The number of carbonyl (C=O) groups is 1. The summed E-state index contributed by atoms with van der Waals surface area (Å²) in [5.74, 6) is 0.875. The molecule has 0 radical (unpaired) electrons. The van der Waals surface area contributed by atoms with Gasteiger partial charge in [-0.3, -0.25) is 9.79 Å². The van der Waals surface area contributed by atoms with Gasteiger partial charge >= 0.3 is 0 Å². The van der Waals surface area contributed by atoms with Gasteiger partial charge in [-0.25, -0.2) is 4.98 Å². The number of amides is 1. The first-order valence-corrected chi connectivity index (χ1v) is 10.6. The Balaban J connectivity index is 1.73. The van der Waals surface area contributed by atoms with E-state index in [-0.39, 0.29) is 12.0 Å². The highest BCUT2D eigenvalue weighted by Gasteiger charge is 2.16. The third kappa shape index (κ3) is 7.10. The third-order valence-corrected chi connectivity index (χ3v) is 5.90. The van der Waals surface area contributed by atoms with Gasteiger partial charge in [0.15, 0.2) is 5.96 Å². The van der Waals surface area contributed by atoms with Gasteiger partial charge in [0.2, 0.25) is 5.91 Å². The van der Waals surface area contributed by atoms with Crippen molar-refractivity contribution in [1.29, 1.82) is 0 Å². The number of aliphatic imine (C=N–C) groups is 1. The van der Waals surface area contributed by atoms with E-state index in [9.17, 15) is 4.79 Å². The number of ether oxygens (including phenoxy) is 1. The van der Waals surface area contributed by atoms with Gasteiger partial charge in [0, 0.05) is 45.6 Å². The lowest BCUT2D eigenvalue weighted by Gasteiger charge is -2.23. The van der Waals surface area contributed by atoms with E-state index in [1.54, 1.807) is 25.5 Å². The summed E-state index contributed by atoms with van der Waals surface area (Å²) in [4.78, 5) is 23.0. The van der Waals surface area contributed by atoms with Crippen LogP contribution in [0.5, 0.6) is 0 Å². The first-order valence-electron chi connectivity index (χ1n) is 9.71. The zero-order valence-electron chi connectivity index (χ0n) is 17.0. The minimum atomic E-state index is 0.00849. The van der Waals surface area contributed by atoms with Crippen molar-refractivity contribution in [3.8, 4) is 0 Å². The first kappa shape index (κ1) is 21.6. The molecule has 2 rings (SSSR count). The molecule has 1 aromatic rings. The van der Waals surface area contributed by atoms with Crippen LogP contribution in [0.15, 0.2) is 10.4 Å². The number of nitrogens with zero attached hydrogens (tertiary/aromatic N) is 3. The average molecular weight is 396 g/mol. The number of carbonyl (C=O) groups excluding carboxylic acids is 1. The Morgan fingerprint density at radius 1 is 1.44 bits per heavy atom. The lowest BCUT2D eigenvalue weighted by atomic mass is 9.95. The van der Waals surface area contributed by atoms with Gasteiger partial charge < -0.3 is 20.3 Å². The lowest BCUT2D eigenvalue weighted by molar-refractivity contribution is -0.121. The average Bonchev–Trinajstić information content (AvgIpc) is 3.13. The van der Waals surface area contributed by atoms with Gasteiger partial charge in [-0.15, -0.1) is 11.3 Å². The number of hydrogen-bond acceptors (Lipinski definition) is 5. The van der Waals surface area contributed by atoms with Crippen molar-refractivity contribution in [2.45, 2.75) is 64.1 Å². The zero-order chi connectivity index (χ0) is 19.6. The SMILES string of the molecule is CN=C(NCCC(=O)NC1CCCCC1)N(C)Cc1csc(C(C)OC)n1. The number of rotatable bonds is 8. The Kier molecular flexibility index (Phi) is 9.00. The maximum absolute atomic E-state index is 12.1. The van der Waals surface area contributed by atoms with Crippen LogP contribution in [-0.4, -0.2) is 55.5 Å². The quantitative estimate of drug-likeness (QED) is 0.523. The Bertz CT molecular complexity index is 613. The molecule has 1 atom stereocenters. The van der Waals surface area contributed by atoms with Crippen LogP contribution in [0.25, 0.3) is 0 Å². The Labute approximate surface area is 166 Å². The van der Waals surface area contributed by atoms with Crippen molar-refractivity contribution in [3.63, 3.8) is 0 Å². The maximum atomic E-state index is 12.1. The smallest absolute Gasteiger partial charge is 0.221 e. The molecule has 1 aliphatic carbocycles. The summed E-state index contributed by atoms with van der Waals surface area (Å²) in [5.41, 5.74) is 0.986. The Morgan fingerprint density at radius 2 is 2.19 bits per heavy atom. The van der Waals surface area contributed by atoms with Crippen molar-refractivity contribution < 1.29 is 9.53 Å². The summed E-state index contributed by atoms with van der Waals surface area (Å²) in [6.45, 7) is 3.21.